The molecule has 120 valence electrons. The molecule has 3 heteroatoms. The number of allylic oxidation sites excluding steroid dienone is 1. The molecule has 1 N–H and O–H groups in total. The first kappa shape index (κ1) is 16.9. The van der Waals surface area contributed by atoms with Crippen molar-refractivity contribution in [3.63, 3.8) is 0 Å². The molecule has 1 aliphatic heterocycles. The number of hydrogen-bond acceptors (Lipinski definition) is 3. The van der Waals surface area contributed by atoms with E-state index in [-0.39, 0.29) is 17.8 Å². The molecule has 3 nitrogen and oxygen atoms in total. The molecule has 1 aliphatic rings. The monoisotopic (exact) mass is 301 g/mol. The van der Waals surface area contributed by atoms with Gasteiger partial charge in [0.25, 0.3) is 0 Å². The van der Waals surface area contributed by atoms with E-state index in [1.165, 1.54) is 5.56 Å². The highest BCUT2D eigenvalue weighted by Gasteiger charge is 2.26. The summed E-state index contributed by atoms with van der Waals surface area (Å²) >= 11 is 0. The Morgan fingerprint density at radius 2 is 2.00 bits per heavy atom. The topological polar surface area (TPSA) is 40.5 Å². The number of likely N-dealkylation sites (tertiary alicyclic amines) is 1. The van der Waals surface area contributed by atoms with Gasteiger partial charge < -0.3 is 10.0 Å². The third kappa shape index (κ3) is 4.79. The maximum atomic E-state index is 12.5. The molecule has 0 amide bonds. The summed E-state index contributed by atoms with van der Waals surface area (Å²) in [6.07, 6.45) is 4.95. The van der Waals surface area contributed by atoms with Crippen molar-refractivity contribution >= 4 is 5.78 Å². The van der Waals surface area contributed by atoms with E-state index in [2.05, 4.69) is 11.5 Å². The van der Waals surface area contributed by atoms with Crippen LogP contribution >= 0.6 is 0 Å². The summed E-state index contributed by atoms with van der Waals surface area (Å²) in [7, 11) is 0. The van der Waals surface area contributed by atoms with E-state index in [0.717, 1.165) is 44.3 Å². The number of hydrogen-bond donors (Lipinski definition) is 1. The molecule has 22 heavy (non-hydrogen) atoms. The van der Waals surface area contributed by atoms with Crippen molar-refractivity contribution in [2.45, 2.75) is 38.7 Å². The molecule has 0 spiro atoms. The first-order chi connectivity index (χ1) is 10.6. The molecule has 0 aromatic heterocycles. The average Bonchev–Trinajstić information content (AvgIpc) is 2.54. The van der Waals surface area contributed by atoms with Gasteiger partial charge in [0.15, 0.2) is 5.78 Å². The number of piperidine rings is 1. The minimum atomic E-state index is -0.289. The number of rotatable bonds is 7. The molecule has 0 radical (unpaired) electrons. The number of aliphatic hydroxyl groups excluding tert-OH is 1. The fourth-order valence-electron chi connectivity index (χ4n) is 3.03. The number of carbonyl (C=O) groups is 1. The molecule has 1 saturated heterocycles. The van der Waals surface area contributed by atoms with Gasteiger partial charge in [0.2, 0.25) is 0 Å². The van der Waals surface area contributed by atoms with Crippen LogP contribution in [0.2, 0.25) is 0 Å². The van der Waals surface area contributed by atoms with E-state index < -0.39 is 0 Å². The third-order valence-electron chi connectivity index (χ3n) is 4.47. The van der Waals surface area contributed by atoms with Crippen LogP contribution in [0.15, 0.2) is 36.9 Å². The van der Waals surface area contributed by atoms with Crippen LogP contribution in [-0.4, -0.2) is 41.5 Å². The SMILES string of the molecule is C=CCCC(O)CN1CCC(C(=O)c2ccc(C)cc2)CC1. The maximum Gasteiger partial charge on any atom is 0.166 e. The lowest BCUT2D eigenvalue weighted by Gasteiger charge is -2.32. The summed E-state index contributed by atoms with van der Waals surface area (Å²) in [5, 5.41) is 9.96. The largest absolute Gasteiger partial charge is 0.392 e. The summed E-state index contributed by atoms with van der Waals surface area (Å²) in [5.74, 6) is 0.399. The van der Waals surface area contributed by atoms with Crippen LogP contribution in [0, 0.1) is 12.8 Å². The molecule has 1 unspecified atom stereocenters. The predicted molar refractivity (Wildman–Crippen MR) is 90.1 cm³/mol. The third-order valence-corrected chi connectivity index (χ3v) is 4.47. The summed E-state index contributed by atoms with van der Waals surface area (Å²) < 4.78 is 0. The number of aliphatic hydroxyl groups is 1. The Kier molecular flexibility index (Phi) is 6.34. The van der Waals surface area contributed by atoms with E-state index in [9.17, 15) is 9.90 Å². The van der Waals surface area contributed by atoms with Crippen LogP contribution in [-0.2, 0) is 0 Å². The number of aryl methyl sites for hydroxylation is 1. The van der Waals surface area contributed by atoms with Gasteiger partial charge >= 0.3 is 0 Å². The van der Waals surface area contributed by atoms with E-state index in [1.807, 2.05) is 37.3 Å². The van der Waals surface area contributed by atoms with Gasteiger partial charge in [-0.25, -0.2) is 0 Å². The van der Waals surface area contributed by atoms with Crippen molar-refractivity contribution in [3.05, 3.63) is 48.0 Å². The Hall–Kier alpha value is -1.45. The molecule has 1 heterocycles. The number of β-amino-alcohol motifs (C(OH)–C–C–N with tert-alkyl or cyclic N) is 1. The number of nitrogens with zero attached hydrogens (tertiary/aromatic N) is 1. The summed E-state index contributed by atoms with van der Waals surface area (Å²) in [6.45, 7) is 8.21. The number of carbonyl (C=O) groups excluding carboxylic acids is 1. The van der Waals surface area contributed by atoms with Crippen LogP contribution in [0.5, 0.6) is 0 Å². The van der Waals surface area contributed by atoms with Crippen molar-refractivity contribution < 1.29 is 9.90 Å². The molecule has 0 saturated carbocycles. The zero-order valence-corrected chi connectivity index (χ0v) is 13.5. The molecule has 1 atom stereocenters. The van der Waals surface area contributed by atoms with E-state index in [0.29, 0.717) is 6.54 Å². The van der Waals surface area contributed by atoms with Gasteiger partial charge in [0.05, 0.1) is 6.10 Å². The van der Waals surface area contributed by atoms with Crippen LogP contribution in [0.4, 0.5) is 0 Å². The van der Waals surface area contributed by atoms with Gasteiger partial charge in [-0.1, -0.05) is 35.9 Å². The Balaban J connectivity index is 1.80. The van der Waals surface area contributed by atoms with Gasteiger partial charge in [0.1, 0.15) is 0 Å². The van der Waals surface area contributed by atoms with Crippen molar-refractivity contribution in [2.24, 2.45) is 5.92 Å². The second-order valence-electron chi connectivity index (χ2n) is 6.33. The average molecular weight is 301 g/mol. The second kappa shape index (κ2) is 8.25. The summed E-state index contributed by atoms with van der Waals surface area (Å²) in [4.78, 5) is 14.8. The standard InChI is InChI=1S/C19H27NO2/c1-3-4-5-18(21)14-20-12-10-17(11-13-20)19(22)16-8-6-15(2)7-9-16/h3,6-9,17-18,21H,1,4-5,10-14H2,2H3. The Labute approximate surface area is 133 Å². The van der Waals surface area contributed by atoms with Crippen LogP contribution in [0.3, 0.4) is 0 Å². The van der Waals surface area contributed by atoms with Crippen molar-refractivity contribution in [1.29, 1.82) is 0 Å². The highest BCUT2D eigenvalue weighted by atomic mass is 16.3. The second-order valence-corrected chi connectivity index (χ2v) is 6.33. The zero-order valence-electron chi connectivity index (χ0n) is 13.5. The molecule has 1 aromatic carbocycles. The molecule has 2 rings (SSSR count). The van der Waals surface area contributed by atoms with Gasteiger partial charge in [-0.05, 0) is 45.7 Å². The molecule has 1 fully saturated rings. The zero-order chi connectivity index (χ0) is 15.9. The van der Waals surface area contributed by atoms with Gasteiger partial charge in [-0.3, -0.25) is 4.79 Å². The van der Waals surface area contributed by atoms with Gasteiger partial charge in [-0.2, -0.15) is 0 Å². The minimum Gasteiger partial charge on any atom is -0.392 e. The normalized spacial score (nSPS) is 18.1. The van der Waals surface area contributed by atoms with Crippen LogP contribution < -0.4 is 0 Å². The Morgan fingerprint density at radius 3 is 2.59 bits per heavy atom. The van der Waals surface area contributed by atoms with Crippen LogP contribution in [0.25, 0.3) is 0 Å². The molecular formula is C19H27NO2. The lowest BCUT2D eigenvalue weighted by atomic mass is 9.88. The Morgan fingerprint density at radius 1 is 1.36 bits per heavy atom. The first-order valence-electron chi connectivity index (χ1n) is 8.22. The quantitative estimate of drug-likeness (QED) is 0.621. The van der Waals surface area contributed by atoms with E-state index in [4.69, 9.17) is 0 Å². The summed E-state index contributed by atoms with van der Waals surface area (Å²) in [5.41, 5.74) is 2.01. The fraction of sp³-hybridized carbons (Fsp3) is 0.526. The van der Waals surface area contributed by atoms with Gasteiger partial charge in [0, 0.05) is 18.0 Å². The molecule has 1 aromatic rings. The lowest BCUT2D eigenvalue weighted by Crippen LogP contribution is -2.40. The fourth-order valence-corrected chi connectivity index (χ4v) is 3.03. The molecular weight excluding hydrogens is 274 g/mol. The molecule has 0 aliphatic carbocycles. The van der Waals surface area contributed by atoms with Crippen molar-refractivity contribution in [2.75, 3.05) is 19.6 Å². The van der Waals surface area contributed by atoms with E-state index >= 15 is 0 Å². The highest BCUT2D eigenvalue weighted by Crippen LogP contribution is 2.22. The van der Waals surface area contributed by atoms with Crippen LogP contribution in [0.1, 0.15) is 41.6 Å². The van der Waals surface area contributed by atoms with E-state index in [1.54, 1.807) is 0 Å². The first-order valence-corrected chi connectivity index (χ1v) is 8.22. The molecule has 0 bridgehead atoms. The van der Waals surface area contributed by atoms with Crippen molar-refractivity contribution in [3.8, 4) is 0 Å². The van der Waals surface area contributed by atoms with Gasteiger partial charge in [-0.15, -0.1) is 6.58 Å². The highest BCUT2D eigenvalue weighted by molar-refractivity contribution is 5.97. The number of Topliss-reactive ketones (excluding diaryl/α,β-unsaturated/α-hetero) is 1. The number of ketones is 1. The minimum absolute atomic E-state index is 0.129. The maximum absolute atomic E-state index is 12.5. The smallest absolute Gasteiger partial charge is 0.166 e. The lowest BCUT2D eigenvalue weighted by molar-refractivity contribution is 0.0710. The van der Waals surface area contributed by atoms with Crippen molar-refractivity contribution in [1.82, 2.24) is 4.90 Å². The Bertz CT molecular complexity index is 487. The predicted octanol–water partition coefficient (Wildman–Crippen LogP) is 3.22. The number of benzene rings is 1. The summed E-state index contributed by atoms with van der Waals surface area (Å²) in [6, 6.07) is 7.86.